The molecule has 148 valence electrons. The highest BCUT2D eigenvalue weighted by atomic mass is 35.5. The number of aryl methyl sites for hydroxylation is 2. The minimum absolute atomic E-state index is 0.416. The molecule has 8 nitrogen and oxygen atoms in total. The average molecular weight is 412 g/mol. The van der Waals surface area contributed by atoms with Gasteiger partial charge in [-0.3, -0.25) is 4.98 Å². The van der Waals surface area contributed by atoms with Gasteiger partial charge in [-0.1, -0.05) is 11.6 Å². The van der Waals surface area contributed by atoms with Crippen molar-refractivity contribution in [3.05, 3.63) is 63.2 Å². The van der Waals surface area contributed by atoms with Crippen molar-refractivity contribution < 1.29 is 9.15 Å². The fourth-order valence-electron chi connectivity index (χ4n) is 2.88. The van der Waals surface area contributed by atoms with E-state index in [1.165, 1.54) is 0 Å². The predicted octanol–water partition coefficient (Wildman–Crippen LogP) is 4.68. The predicted molar refractivity (Wildman–Crippen MR) is 113 cm³/mol. The van der Waals surface area contributed by atoms with Crippen molar-refractivity contribution in [2.24, 2.45) is 0 Å². The largest absolute Gasteiger partial charge is 0.495 e. The standard InChI is InChI=1S/C20H18ClN5O3/c1-10-6-13(8-16(28-3)17(10)21)24-19-22-9-11(2)18(26-19)23-12-4-5-15-14(7-12)25-20(27)29-15/h4-9H,1-3H3,(H,25,27)(H2,22,23,24,26). The lowest BCUT2D eigenvalue weighted by Crippen LogP contribution is -2.03. The molecule has 0 amide bonds. The molecule has 4 aromatic rings. The number of hydrogen-bond donors (Lipinski definition) is 3. The third kappa shape index (κ3) is 3.88. The first-order chi connectivity index (χ1) is 13.9. The fourth-order valence-corrected chi connectivity index (χ4v) is 3.07. The minimum atomic E-state index is -0.490. The van der Waals surface area contributed by atoms with Gasteiger partial charge in [-0.05, 0) is 43.7 Å². The van der Waals surface area contributed by atoms with Crippen molar-refractivity contribution in [2.75, 3.05) is 17.7 Å². The molecule has 0 saturated carbocycles. The smallest absolute Gasteiger partial charge is 0.417 e. The summed E-state index contributed by atoms with van der Waals surface area (Å²) < 4.78 is 10.3. The highest BCUT2D eigenvalue weighted by Gasteiger charge is 2.10. The Morgan fingerprint density at radius 3 is 2.72 bits per heavy atom. The second-order valence-electron chi connectivity index (χ2n) is 6.51. The molecule has 9 heteroatoms. The molecule has 3 N–H and O–H groups in total. The van der Waals surface area contributed by atoms with E-state index in [9.17, 15) is 4.79 Å². The van der Waals surface area contributed by atoms with E-state index in [1.54, 1.807) is 37.6 Å². The molecule has 2 aromatic heterocycles. The van der Waals surface area contributed by atoms with Gasteiger partial charge >= 0.3 is 5.76 Å². The second kappa shape index (κ2) is 7.48. The maximum absolute atomic E-state index is 11.3. The molecule has 0 fully saturated rings. The third-order valence-electron chi connectivity index (χ3n) is 4.35. The van der Waals surface area contributed by atoms with Crippen molar-refractivity contribution in [1.29, 1.82) is 0 Å². The van der Waals surface area contributed by atoms with E-state index >= 15 is 0 Å². The fraction of sp³-hybridized carbons (Fsp3) is 0.150. The first-order valence-corrected chi connectivity index (χ1v) is 9.15. The van der Waals surface area contributed by atoms with Crippen LogP contribution >= 0.6 is 11.6 Å². The highest BCUT2D eigenvalue weighted by molar-refractivity contribution is 6.32. The van der Waals surface area contributed by atoms with Crippen LogP contribution in [0.25, 0.3) is 11.1 Å². The molecule has 4 rings (SSSR count). The van der Waals surface area contributed by atoms with Crippen LogP contribution in [0.5, 0.6) is 5.75 Å². The molecule has 0 spiro atoms. The topological polar surface area (TPSA) is 105 Å². The quantitative estimate of drug-likeness (QED) is 0.438. The lowest BCUT2D eigenvalue weighted by Gasteiger charge is -2.13. The molecule has 0 aliphatic heterocycles. The van der Waals surface area contributed by atoms with Gasteiger partial charge in [-0.25, -0.2) is 9.78 Å². The molecular formula is C20H18ClN5O3. The summed E-state index contributed by atoms with van der Waals surface area (Å²) in [5.41, 5.74) is 4.35. The van der Waals surface area contributed by atoms with Crippen molar-refractivity contribution in [1.82, 2.24) is 15.0 Å². The summed E-state index contributed by atoms with van der Waals surface area (Å²) in [4.78, 5) is 22.9. The van der Waals surface area contributed by atoms with Crippen LogP contribution in [-0.2, 0) is 0 Å². The first-order valence-electron chi connectivity index (χ1n) is 8.77. The van der Waals surface area contributed by atoms with Crippen molar-refractivity contribution in [2.45, 2.75) is 13.8 Å². The summed E-state index contributed by atoms with van der Waals surface area (Å²) in [6, 6.07) is 8.98. The third-order valence-corrected chi connectivity index (χ3v) is 4.83. The van der Waals surface area contributed by atoms with Crippen LogP contribution in [0.1, 0.15) is 11.1 Å². The second-order valence-corrected chi connectivity index (χ2v) is 6.89. The Balaban J connectivity index is 1.62. The number of halogens is 1. The highest BCUT2D eigenvalue weighted by Crippen LogP contribution is 2.32. The van der Waals surface area contributed by atoms with Crippen LogP contribution in [-0.4, -0.2) is 22.1 Å². The number of oxazole rings is 1. The molecule has 0 atom stereocenters. The van der Waals surface area contributed by atoms with E-state index in [1.807, 2.05) is 19.9 Å². The minimum Gasteiger partial charge on any atom is -0.495 e. The molecule has 0 bridgehead atoms. The van der Waals surface area contributed by atoms with Crippen molar-refractivity contribution in [3.8, 4) is 5.75 Å². The summed E-state index contributed by atoms with van der Waals surface area (Å²) in [7, 11) is 1.57. The normalized spacial score (nSPS) is 10.9. The lowest BCUT2D eigenvalue weighted by atomic mass is 10.2. The van der Waals surface area contributed by atoms with Gasteiger partial charge in [0.15, 0.2) is 5.58 Å². The molecule has 0 aliphatic carbocycles. The summed E-state index contributed by atoms with van der Waals surface area (Å²) in [6.45, 7) is 3.80. The van der Waals surface area contributed by atoms with E-state index in [0.717, 1.165) is 22.5 Å². The Morgan fingerprint density at radius 1 is 1.10 bits per heavy atom. The van der Waals surface area contributed by atoms with Gasteiger partial charge in [-0.2, -0.15) is 4.98 Å². The molecule has 2 heterocycles. The number of benzene rings is 2. The van der Waals surface area contributed by atoms with Gasteiger partial charge in [0, 0.05) is 29.2 Å². The Kier molecular flexibility index (Phi) is 4.85. The van der Waals surface area contributed by atoms with Gasteiger partial charge in [0.25, 0.3) is 0 Å². The number of nitrogens with zero attached hydrogens (tertiary/aromatic N) is 2. The van der Waals surface area contributed by atoms with E-state index in [0.29, 0.717) is 33.6 Å². The number of methoxy groups -OCH3 is 1. The number of anilines is 4. The van der Waals surface area contributed by atoms with E-state index in [-0.39, 0.29) is 0 Å². The average Bonchev–Trinajstić information content (AvgIpc) is 3.06. The van der Waals surface area contributed by atoms with E-state index in [2.05, 4.69) is 25.6 Å². The number of nitrogens with one attached hydrogen (secondary N) is 3. The Hall–Kier alpha value is -3.52. The lowest BCUT2D eigenvalue weighted by molar-refractivity contribution is 0.415. The van der Waals surface area contributed by atoms with Gasteiger partial charge in [0.1, 0.15) is 11.6 Å². The number of fused-ring (bicyclic) bond motifs is 1. The number of hydrogen-bond acceptors (Lipinski definition) is 7. The van der Waals surface area contributed by atoms with Crippen LogP contribution in [0.4, 0.5) is 23.1 Å². The zero-order valence-electron chi connectivity index (χ0n) is 16.0. The SMILES string of the molecule is COc1cc(Nc2ncc(C)c(Nc3ccc4oc(=O)[nH]c4c3)n2)cc(C)c1Cl. The summed E-state index contributed by atoms with van der Waals surface area (Å²) in [5, 5.41) is 6.98. The Labute approximate surface area is 170 Å². The van der Waals surface area contributed by atoms with Crippen LogP contribution in [0.3, 0.4) is 0 Å². The van der Waals surface area contributed by atoms with Crippen LogP contribution in [0.15, 0.2) is 45.7 Å². The first kappa shape index (κ1) is 18.8. The summed E-state index contributed by atoms with van der Waals surface area (Å²) >= 11 is 6.22. The summed E-state index contributed by atoms with van der Waals surface area (Å²) in [5.74, 6) is 1.13. The monoisotopic (exact) mass is 411 g/mol. The molecular weight excluding hydrogens is 394 g/mol. The van der Waals surface area contributed by atoms with Gasteiger partial charge in [-0.15, -0.1) is 0 Å². The van der Waals surface area contributed by atoms with Crippen molar-refractivity contribution >= 4 is 45.8 Å². The Morgan fingerprint density at radius 2 is 1.93 bits per heavy atom. The molecule has 2 aromatic carbocycles. The zero-order chi connectivity index (χ0) is 20.5. The maximum atomic E-state index is 11.3. The Bertz CT molecular complexity index is 1260. The number of rotatable bonds is 5. The van der Waals surface area contributed by atoms with Gasteiger partial charge < -0.3 is 19.8 Å². The molecule has 0 radical (unpaired) electrons. The summed E-state index contributed by atoms with van der Waals surface area (Å²) in [6.07, 6.45) is 1.72. The van der Waals surface area contributed by atoms with E-state index in [4.69, 9.17) is 20.8 Å². The molecule has 0 unspecified atom stereocenters. The van der Waals surface area contributed by atoms with Gasteiger partial charge in [0.2, 0.25) is 5.95 Å². The number of ether oxygens (including phenoxy) is 1. The van der Waals surface area contributed by atoms with E-state index < -0.39 is 5.76 Å². The maximum Gasteiger partial charge on any atom is 0.417 e. The molecule has 0 aliphatic rings. The number of aromatic amines is 1. The number of H-pyrrole nitrogens is 1. The molecule has 0 saturated heterocycles. The van der Waals surface area contributed by atoms with Crippen LogP contribution in [0.2, 0.25) is 5.02 Å². The van der Waals surface area contributed by atoms with Gasteiger partial charge in [0.05, 0.1) is 17.6 Å². The zero-order valence-corrected chi connectivity index (χ0v) is 16.7. The van der Waals surface area contributed by atoms with Crippen LogP contribution in [0, 0.1) is 13.8 Å². The van der Waals surface area contributed by atoms with Crippen molar-refractivity contribution in [3.63, 3.8) is 0 Å². The molecule has 29 heavy (non-hydrogen) atoms. The number of aromatic nitrogens is 3. The van der Waals surface area contributed by atoms with Crippen LogP contribution < -0.4 is 21.1 Å².